The van der Waals surface area contributed by atoms with Gasteiger partial charge in [-0.15, -0.1) is 0 Å². The minimum absolute atomic E-state index is 0.133. The summed E-state index contributed by atoms with van der Waals surface area (Å²) in [6, 6.07) is -1.87. The highest BCUT2D eigenvalue weighted by Gasteiger charge is 2.20. The van der Waals surface area contributed by atoms with Gasteiger partial charge >= 0.3 is 18.0 Å². The van der Waals surface area contributed by atoms with E-state index < -0.39 is 34.0 Å². The van der Waals surface area contributed by atoms with Crippen LogP contribution >= 0.6 is 0 Å². The van der Waals surface area contributed by atoms with Gasteiger partial charge in [0, 0.05) is 19.4 Å². The van der Waals surface area contributed by atoms with Crippen LogP contribution < -0.4 is 15.4 Å². The van der Waals surface area contributed by atoms with Crippen molar-refractivity contribution >= 4 is 33.9 Å². The zero-order valence-corrected chi connectivity index (χ0v) is 19.5. The Morgan fingerprint density at radius 1 is 0.781 bits per heavy atom. The van der Waals surface area contributed by atoms with Crippen molar-refractivity contribution in [1.82, 2.24) is 15.4 Å². The highest BCUT2D eigenvalue weighted by Crippen LogP contribution is 2.11. The quantitative estimate of drug-likeness (QED) is 0.174. The second kappa shape index (κ2) is 17.2. The lowest BCUT2D eigenvalue weighted by atomic mass is 10.1. The molecule has 32 heavy (non-hydrogen) atoms. The Hall–Kier alpha value is -2.37. The van der Waals surface area contributed by atoms with Crippen LogP contribution in [0, 0.1) is 0 Å². The van der Waals surface area contributed by atoms with E-state index in [1.807, 2.05) is 4.72 Å². The molecule has 12 heteroatoms. The van der Waals surface area contributed by atoms with Crippen LogP contribution in [0.25, 0.3) is 0 Å². The van der Waals surface area contributed by atoms with E-state index in [1.165, 1.54) is 0 Å². The number of sulfonamides is 1. The number of carboxylic acid groups (broad SMARTS) is 2. The SMILES string of the molecule is CS(=O)(=O)NC(=O)NCCCCCCCCCCCCC(=O)N[C@@H](CCC(=O)O)C(=O)O. The number of carboxylic acids is 2. The van der Waals surface area contributed by atoms with E-state index in [0.717, 1.165) is 64.0 Å². The molecule has 0 aliphatic heterocycles. The molecule has 0 fully saturated rings. The average molecular weight is 480 g/mol. The molecule has 0 saturated carbocycles. The zero-order chi connectivity index (χ0) is 24.4. The molecule has 3 amide bonds. The van der Waals surface area contributed by atoms with E-state index in [2.05, 4.69) is 10.6 Å². The first-order valence-corrected chi connectivity index (χ1v) is 12.9. The topological polar surface area (TPSA) is 179 Å². The van der Waals surface area contributed by atoms with Crippen molar-refractivity contribution in [3.05, 3.63) is 0 Å². The van der Waals surface area contributed by atoms with Crippen molar-refractivity contribution in [2.75, 3.05) is 12.8 Å². The van der Waals surface area contributed by atoms with Crippen LogP contribution in [0.1, 0.15) is 83.5 Å². The number of nitrogens with one attached hydrogen (secondary N) is 3. The van der Waals surface area contributed by atoms with Gasteiger partial charge < -0.3 is 20.8 Å². The molecule has 0 aromatic heterocycles. The lowest BCUT2D eigenvalue weighted by Crippen LogP contribution is -2.41. The fraction of sp³-hybridized carbons (Fsp3) is 0.800. The first-order valence-electron chi connectivity index (χ1n) is 11.0. The maximum absolute atomic E-state index is 11.8. The van der Waals surface area contributed by atoms with Gasteiger partial charge in [-0.3, -0.25) is 9.59 Å². The molecule has 0 heterocycles. The van der Waals surface area contributed by atoms with Gasteiger partial charge in [0.05, 0.1) is 6.26 Å². The van der Waals surface area contributed by atoms with Gasteiger partial charge in [0.15, 0.2) is 0 Å². The molecule has 186 valence electrons. The summed E-state index contributed by atoms with van der Waals surface area (Å²) in [5, 5.41) is 22.5. The van der Waals surface area contributed by atoms with Crippen molar-refractivity contribution in [3.8, 4) is 0 Å². The molecule has 5 N–H and O–H groups in total. The Balaban J connectivity index is 3.55. The van der Waals surface area contributed by atoms with E-state index in [4.69, 9.17) is 10.2 Å². The lowest BCUT2D eigenvalue weighted by molar-refractivity contribution is -0.143. The number of carbonyl (C=O) groups is 4. The van der Waals surface area contributed by atoms with Crippen LogP contribution in [0.5, 0.6) is 0 Å². The van der Waals surface area contributed by atoms with Gasteiger partial charge in [-0.2, -0.15) is 0 Å². The molecule has 0 saturated heterocycles. The van der Waals surface area contributed by atoms with Gasteiger partial charge in [0.2, 0.25) is 15.9 Å². The Kier molecular flexibility index (Phi) is 15.9. The Morgan fingerprint density at radius 2 is 1.28 bits per heavy atom. The molecule has 11 nitrogen and oxygen atoms in total. The fourth-order valence-electron chi connectivity index (χ4n) is 3.02. The standard InChI is InChI=1S/C20H37N3O8S/c1-32(30,31)23-20(29)21-15-11-9-7-5-3-2-4-6-8-10-12-17(24)22-16(19(27)28)13-14-18(25)26/h16H,2-15H2,1H3,(H,22,24)(H,25,26)(H,27,28)(H2,21,23,29)/t16-/m0/s1. The van der Waals surface area contributed by atoms with E-state index in [9.17, 15) is 27.6 Å². The van der Waals surface area contributed by atoms with Crippen LogP contribution in [0.4, 0.5) is 4.79 Å². The van der Waals surface area contributed by atoms with Crippen molar-refractivity contribution in [2.45, 2.75) is 89.5 Å². The molecule has 1 atom stereocenters. The van der Waals surface area contributed by atoms with Crippen LogP contribution in [0.15, 0.2) is 0 Å². The number of carbonyl (C=O) groups excluding carboxylic acids is 2. The van der Waals surface area contributed by atoms with Crippen LogP contribution in [-0.2, 0) is 24.4 Å². The third kappa shape index (κ3) is 19.6. The molecule has 0 radical (unpaired) electrons. The number of urea groups is 1. The number of hydrogen-bond donors (Lipinski definition) is 5. The largest absolute Gasteiger partial charge is 0.481 e. The smallest absolute Gasteiger partial charge is 0.328 e. The summed E-state index contributed by atoms with van der Waals surface area (Å²) in [5.74, 6) is -2.70. The number of amides is 3. The lowest BCUT2D eigenvalue weighted by Gasteiger charge is -2.13. The summed E-state index contributed by atoms with van der Waals surface area (Å²) in [6.45, 7) is 0.432. The van der Waals surface area contributed by atoms with Gasteiger partial charge in [-0.1, -0.05) is 51.4 Å². The summed E-state index contributed by atoms with van der Waals surface area (Å²) in [4.78, 5) is 44.6. The van der Waals surface area contributed by atoms with E-state index >= 15 is 0 Å². The molecule has 0 aromatic carbocycles. The zero-order valence-electron chi connectivity index (χ0n) is 18.7. The van der Waals surface area contributed by atoms with Crippen molar-refractivity contribution < 1.29 is 37.8 Å². The molecule has 0 unspecified atom stereocenters. The highest BCUT2D eigenvalue weighted by atomic mass is 32.2. The number of rotatable bonds is 19. The van der Waals surface area contributed by atoms with Crippen molar-refractivity contribution in [3.63, 3.8) is 0 Å². The third-order valence-corrected chi connectivity index (χ3v) is 5.23. The highest BCUT2D eigenvalue weighted by molar-refractivity contribution is 7.89. The second-order valence-electron chi connectivity index (χ2n) is 7.81. The summed E-state index contributed by atoms with van der Waals surface area (Å²) in [6.07, 6.45) is 10.4. The van der Waals surface area contributed by atoms with E-state index in [1.54, 1.807) is 0 Å². The predicted molar refractivity (Wildman–Crippen MR) is 119 cm³/mol. The van der Waals surface area contributed by atoms with Crippen LogP contribution in [0.2, 0.25) is 0 Å². The first-order chi connectivity index (χ1) is 15.0. The minimum atomic E-state index is -3.53. The Bertz CT molecular complexity index is 697. The Morgan fingerprint density at radius 3 is 1.75 bits per heavy atom. The normalized spacial score (nSPS) is 12.0. The molecule has 0 spiro atoms. The number of aliphatic carboxylic acids is 2. The van der Waals surface area contributed by atoms with E-state index in [-0.39, 0.29) is 25.2 Å². The van der Waals surface area contributed by atoms with Gasteiger partial charge in [0.1, 0.15) is 6.04 Å². The molecule has 0 bridgehead atoms. The molecular weight excluding hydrogens is 442 g/mol. The molecule has 0 aromatic rings. The molecule has 0 aliphatic carbocycles. The summed E-state index contributed by atoms with van der Waals surface area (Å²) in [5.41, 5.74) is 0. The molecule has 0 aliphatic rings. The predicted octanol–water partition coefficient (Wildman–Crippen LogP) is 1.97. The fourth-order valence-corrected chi connectivity index (χ4v) is 3.43. The monoisotopic (exact) mass is 479 g/mol. The average Bonchev–Trinajstić information content (AvgIpc) is 2.66. The minimum Gasteiger partial charge on any atom is -0.481 e. The summed E-state index contributed by atoms with van der Waals surface area (Å²) < 4.78 is 23.6. The van der Waals surface area contributed by atoms with Crippen LogP contribution in [-0.4, -0.2) is 61.4 Å². The van der Waals surface area contributed by atoms with Gasteiger partial charge in [-0.25, -0.2) is 22.7 Å². The third-order valence-electron chi connectivity index (χ3n) is 4.67. The molecule has 0 rings (SSSR count). The Labute approximate surface area is 189 Å². The van der Waals surface area contributed by atoms with E-state index in [0.29, 0.717) is 13.0 Å². The summed E-state index contributed by atoms with van der Waals surface area (Å²) in [7, 11) is -3.53. The van der Waals surface area contributed by atoms with Gasteiger partial charge in [-0.05, 0) is 19.3 Å². The summed E-state index contributed by atoms with van der Waals surface area (Å²) >= 11 is 0. The van der Waals surface area contributed by atoms with Crippen LogP contribution in [0.3, 0.4) is 0 Å². The first kappa shape index (κ1) is 29.6. The van der Waals surface area contributed by atoms with Gasteiger partial charge in [0.25, 0.3) is 0 Å². The van der Waals surface area contributed by atoms with Crippen molar-refractivity contribution in [1.29, 1.82) is 0 Å². The molecular formula is C20H37N3O8S. The maximum Gasteiger partial charge on any atom is 0.328 e. The number of unbranched alkanes of at least 4 members (excludes halogenated alkanes) is 9. The maximum atomic E-state index is 11.8. The number of hydrogen-bond acceptors (Lipinski definition) is 6. The second-order valence-corrected chi connectivity index (χ2v) is 9.55. The van der Waals surface area contributed by atoms with Crippen molar-refractivity contribution in [2.24, 2.45) is 0 Å².